The fraction of sp³-hybridized carbons (Fsp3) is 0.409. The minimum absolute atomic E-state index is 0. The molecular formula is C22H33Cl2N3O. The molecule has 2 atom stereocenters. The fourth-order valence-corrected chi connectivity index (χ4v) is 3.28. The summed E-state index contributed by atoms with van der Waals surface area (Å²) in [6.45, 7) is 6.89. The van der Waals surface area contributed by atoms with Gasteiger partial charge >= 0.3 is 0 Å². The van der Waals surface area contributed by atoms with E-state index in [-0.39, 0.29) is 42.8 Å². The molecule has 0 aliphatic heterocycles. The van der Waals surface area contributed by atoms with Gasteiger partial charge in [-0.2, -0.15) is 0 Å². The summed E-state index contributed by atoms with van der Waals surface area (Å²) >= 11 is 0. The van der Waals surface area contributed by atoms with Gasteiger partial charge < -0.3 is 11.1 Å². The molecule has 4 nitrogen and oxygen atoms in total. The van der Waals surface area contributed by atoms with E-state index >= 15 is 0 Å². The number of benzene rings is 2. The quantitative estimate of drug-likeness (QED) is 0.604. The number of rotatable bonds is 10. The second-order valence-corrected chi connectivity index (χ2v) is 6.59. The summed E-state index contributed by atoms with van der Waals surface area (Å²) in [7, 11) is 0. The molecule has 2 aromatic carbocycles. The van der Waals surface area contributed by atoms with Gasteiger partial charge in [-0.25, -0.2) is 0 Å². The molecule has 2 unspecified atom stereocenters. The van der Waals surface area contributed by atoms with Gasteiger partial charge in [0.2, 0.25) is 5.91 Å². The molecule has 0 spiro atoms. The number of carbonyl (C=O) groups is 1. The summed E-state index contributed by atoms with van der Waals surface area (Å²) in [5.41, 5.74) is 8.45. The Morgan fingerprint density at radius 1 is 0.964 bits per heavy atom. The number of nitrogens with two attached hydrogens (primary N) is 1. The Morgan fingerprint density at radius 3 is 2.04 bits per heavy atom. The standard InChI is InChI=1S/C22H31N3O.2ClH/c1-3-25(4-2)20(15-18-11-7-5-8-12-18)17-24-22(26)16-21(23)19-13-9-6-10-14-19;;/h5-14,20-21H,3-4,15-17,23H2,1-2H3,(H,24,26);2*1H. The van der Waals surface area contributed by atoms with E-state index in [9.17, 15) is 4.79 Å². The van der Waals surface area contributed by atoms with Gasteiger partial charge in [-0.05, 0) is 30.6 Å². The molecule has 156 valence electrons. The van der Waals surface area contributed by atoms with Gasteiger partial charge in [0.05, 0.1) is 0 Å². The van der Waals surface area contributed by atoms with Crippen molar-refractivity contribution in [2.45, 2.75) is 38.8 Å². The SMILES string of the molecule is CCN(CC)C(CNC(=O)CC(N)c1ccccc1)Cc1ccccc1.Cl.Cl. The van der Waals surface area contributed by atoms with Crippen LogP contribution in [0.4, 0.5) is 0 Å². The van der Waals surface area contributed by atoms with E-state index in [1.54, 1.807) is 0 Å². The van der Waals surface area contributed by atoms with Crippen molar-refractivity contribution in [1.82, 2.24) is 10.2 Å². The van der Waals surface area contributed by atoms with E-state index in [1.165, 1.54) is 5.56 Å². The van der Waals surface area contributed by atoms with E-state index in [0.717, 1.165) is 25.1 Å². The van der Waals surface area contributed by atoms with E-state index in [1.807, 2.05) is 36.4 Å². The molecule has 0 saturated carbocycles. The Balaban J connectivity index is 0.00000364. The average molecular weight is 426 g/mol. The second kappa shape index (κ2) is 14.4. The van der Waals surface area contributed by atoms with Crippen LogP contribution in [-0.2, 0) is 11.2 Å². The number of hydrogen-bond donors (Lipinski definition) is 2. The van der Waals surface area contributed by atoms with Gasteiger partial charge in [0.25, 0.3) is 0 Å². The summed E-state index contributed by atoms with van der Waals surface area (Å²) in [6.07, 6.45) is 1.23. The molecule has 3 N–H and O–H groups in total. The Kier molecular flexibility index (Phi) is 13.6. The van der Waals surface area contributed by atoms with E-state index in [4.69, 9.17) is 5.73 Å². The molecule has 1 amide bonds. The first-order valence-electron chi connectivity index (χ1n) is 9.49. The monoisotopic (exact) mass is 425 g/mol. The van der Waals surface area contributed by atoms with E-state index < -0.39 is 0 Å². The van der Waals surface area contributed by atoms with Crippen molar-refractivity contribution in [1.29, 1.82) is 0 Å². The van der Waals surface area contributed by atoms with Crippen LogP contribution in [0.5, 0.6) is 0 Å². The molecule has 0 fully saturated rings. The third kappa shape index (κ3) is 8.61. The fourth-order valence-electron chi connectivity index (χ4n) is 3.28. The molecule has 2 rings (SSSR count). The number of halogens is 2. The summed E-state index contributed by atoms with van der Waals surface area (Å²) in [5.74, 6) is 0.00608. The van der Waals surface area contributed by atoms with Crippen LogP contribution in [0.3, 0.4) is 0 Å². The highest BCUT2D eigenvalue weighted by atomic mass is 35.5. The zero-order chi connectivity index (χ0) is 18.8. The third-order valence-corrected chi connectivity index (χ3v) is 4.81. The molecule has 6 heteroatoms. The highest BCUT2D eigenvalue weighted by Crippen LogP contribution is 2.13. The number of hydrogen-bond acceptors (Lipinski definition) is 3. The zero-order valence-corrected chi connectivity index (χ0v) is 18.3. The van der Waals surface area contributed by atoms with Gasteiger partial charge in [-0.3, -0.25) is 9.69 Å². The maximum absolute atomic E-state index is 12.4. The predicted octanol–water partition coefficient (Wildman–Crippen LogP) is 3.99. The molecule has 28 heavy (non-hydrogen) atoms. The highest BCUT2D eigenvalue weighted by molar-refractivity contribution is 5.85. The van der Waals surface area contributed by atoms with E-state index in [2.05, 4.69) is 48.3 Å². The van der Waals surface area contributed by atoms with E-state index in [0.29, 0.717) is 13.0 Å². The maximum Gasteiger partial charge on any atom is 0.221 e. The molecule has 0 bridgehead atoms. The van der Waals surface area contributed by atoms with Crippen molar-refractivity contribution in [3.8, 4) is 0 Å². The van der Waals surface area contributed by atoms with Gasteiger partial charge in [0.15, 0.2) is 0 Å². The van der Waals surface area contributed by atoms with Crippen molar-refractivity contribution in [3.63, 3.8) is 0 Å². The number of likely N-dealkylation sites (N-methyl/N-ethyl adjacent to an activating group) is 1. The van der Waals surface area contributed by atoms with Crippen LogP contribution in [0.15, 0.2) is 60.7 Å². The minimum atomic E-state index is -0.266. The summed E-state index contributed by atoms with van der Waals surface area (Å²) in [5, 5.41) is 3.09. The highest BCUT2D eigenvalue weighted by Gasteiger charge is 2.18. The average Bonchev–Trinajstić information content (AvgIpc) is 2.68. The molecule has 0 aliphatic rings. The van der Waals surface area contributed by atoms with Gasteiger partial charge in [0, 0.05) is 25.0 Å². The van der Waals surface area contributed by atoms with Crippen molar-refractivity contribution in [2.75, 3.05) is 19.6 Å². The number of carbonyl (C=O) groups excluding carboxylic acids is 1. The van der Waals surface area contributed by atoms with Crippen LogP contribution in [0.1, 0.15) is 37.4 Å². The van der Waals surface area contributed by atoms with Crippen LogP contribution in [-0.4, -0.2) is 36.5 Å². The smallest absolute Gasteiger partial charge is 0.221 e. The van der Waals surface area contributed by atoms with Crippen LogP contribution in [0.25, 0.3) is 0 Å². The van der Waals surface area contributed by atoms with Gasteiger partial charge in [-0.15, -0.1) is 24.8 Å². The first-order valence-corrected chi connectivity index (χ1v) is 9.49. The lowest BCUT2D eigenvalue weighted by Gasteiger charge is -2.30. The van der Waals surface area contributed by atoms with Gasteiger partial charge in [0.1, 0.15) is 0 Å². The predicted molar refractivity (Wildman–Crippen MR) is 122 cm³/mol. The Bertz CT molecular complexity index is 651. The van der Waals surface area contributed by atoms with Crippen LogP contribution in [0, 0.1) is 0 Å². The van der Waals surface area contributed by atoms with Crippen LogP contribution < -0.4 is 11.1 Å². The maximum atomic E-state index is 12.4. The zero-order valence-electron chi connectivity index (χ0n) is 16.7. The molecular weight excluding hydrogens is 393 g/mol. The largest absolute Gasteiger partial charge is 0.354 e. The first-order chi connectivity index (χ1) is 12.6. The molecule has 0 aromatic heterocycles. The van der Waals surface area contributed by atoms with Crippen molar-refractivity contribution >= 4 is 30.7 Å². The normalized spacial score (nSPS) is 12.4. The topological polar surface area (TPSA) is 58.4 Å². The van der Waals surface area contributed by atoms with Gasteiger partial charge in [-0.1, -0.05) is 74.5 Å². The number of nitrogens with zero attached hydrogens (tertiary/aromatic N) is 1. The Labute approximate surface area is 181 Å². The van der Waals surface area contributed by atoms with Crippen molar-refractivity contribution < 1.29 is 4.79 Å². The van der Waals surface area contributed by atoms with Crippen LogP contribution >= 0.6 is 24.8 Å². The van der Waals surface area contributed by atoms with Crippen molar-refractivity contribution in [3.05, 3.63) is 71.8 Å². The van der Waals surface area contributed by atoms with Crippen molar-refractivity contribution in [2.24, 2.45) is 5.73 Å². The lowest BCUT2D eigenvalue weighted by Crippen LogP contribution is -2.45. The molecule has 0 saturated heterocycles. The first kappa shape index (κ1) is 26.4. The number of nitrogens with one attached hydrogen (secondary N) is 1. The lowest BCUT2D eigenvalue weighted by molar-refractivity contribution is -0.121. The lowest BCUT2D eigenvalue weighted by atomic mass is 10.0. The molecule has 0 heterocycles. The molecule has 0 radical (unpaired) electrons. The van der Waals surface area contributed by atoms with Crippen LogP contribution in [0.2, 0.25) is 0 Å². The third-order valence-electron chi connectivity index (χ3n) is 4.81. The summed E-state index contributed by atoms with van der Waals surface area (Å²) in [6, 6.07) is 20.2. The Hall–Kier alpha value is -1.59. The number of amides is 1. The minimum Gasteiger partial charge on any atom is -0.354 e. The second-order valence-electron chi connectivity index (χ2n) is 6.59. The Morgan fingerprint density at radius 2 is 1.50 bits per heavy atom. The summed E-state index contributed by atoms with van der Waals surface area (Å²) in [4.78, 5) is 14.8. The molecule has 2 aromatic rings. The molecule has 0 aliphatic carbocycles. The summed E-state index contributed by atoms with van der Waals surface area (Å²) < 4.78 is 0.